The molecule has 27 heavy (non-hydrogen) atoms. The molecule has 0 aliphatic rings. The van der Waals surface area contributed by atoms with E-state index in [0.717, 1.165) is 11.4 Å². The number of aromatic nitrogens is 3. The van der Waals surface area contributed by atoms with Gasteiger partial charge in [-0.3, -0.25) is 14.5 Å². The van der Waals surface area contributed by atoms with E-state index in [1.807, 2.05) is 28.8 Å². The van der Waals surface area contributed by atoms with Crippen molar-refractivity contribution in [2.75, 3.05) is 13.7 Å². The Morgan fingerprint density at radius 3 is 2.67 bits per heavy atom. The molecule has 2 aromatic carbocycles. The molecule has 1 amide bonds. The van der Waals surface area contributed by atoms with Crippen LogP contribution in [0, 0.1) is 4.77 Å². The Bertz CT molecular complexity index is 1010. The standard InChI is InChI=1S/C18H16Cl2N4O2S/c1-26-13-5-3-12(4-6-13)24-16(22-23-18(24)27)8-9-21-17(25)14-7-2-11(19)10-15(14)20/h2-7,10H,8-9H2,1H3,(H,21,25)(H,23,27). The fourth-order valence-corrected chi connectivity index (χ4v) is 3.30. The Morgan fingerprint density at radius 2 is 2.00 bits per heavy atom. The summed E-state index contributed by atoms with van der Waals surface area (Å²) in [5.74, 6) is 1.18. The smallest absolute Gasteiger partial charge is 0.252 e. The van der Waals surface area contributed by atoms with Crippen LogP contribution in [0.25, 0.3) is 5.69 Å². The van der Waals surface area contributed by atoms with Crippen LogP contribution in [0.4, 0.5) is 0 Å². The topological polar surface area (TPSA) is 71.9 Å². The molecular formula is C18H16Cl2N4O2S. The first-order valence-electron chi connectivity index (χ1n) is 8.03. The number of amides is 1. The molecule has 3 rings (SSSR count). The van der Waals surface area contributed by atoms with Crippen LogP contribution in [0.15, 0.2) is 42.5 Å². The first-order chi connectivity index (χ1) is 13.0. The number of hydrogen-bond acceptors (Lipinski definition) is 4. The first-order valence-corrected chi connectivity index (χ1v) is 9.20. The van der Waals surface area contributed by atoms with Gasteiger partial charge in [-0.05, 0) is 54.7 Å². The Labute approximate surface area is 171 Å². The highest BCUT2D eigenvalue weighted by atomic mass is 35.5. The molecule has 1 heterocycles. The van der Waals surface area contributed by atoms with Gasteiger partial charge >= 0.3 is 0 Å². The van der Waals surface area contributed by atoms with E-state index in [1.54, 1.807) is 19.2 Å². The van der Waals surface area contributed by atoms with E-state index >= 15 is 0 Å². The second kappa shape index (κ2) is 8.56. The van der Waals surface area contributed by atoms with Crippen molar-refractivity contribution < 1.29 is 9.53 Å². The number of nitrogens with zero attached hydrogens (tertiary/aromatic N) is 2. The molecule has 0 aliphatic heterocycles. The van der Waals surface area contributed by atoms with Crippen LogP contribution >= 0.6 is 35.4 Å². The molecule has 0 aliphatic carbocycles. The Hall–Kier alpha value is -2.35. The van der Waals surface area contributed by atoms with E-state index in [4.69, 9.17) is 40.2 Å². The van der Waals surface area contributed by atoms with Crippen molar-refractivity contribution in [3.8, 4) is 11.4 Å². The summed E-state index contributed by atoms with van der Waals surface area (Å²) in [6.45, 7) is 0.369. The summed E-state index contributed by atoms with van der Waals surface area (Å²) in [4.78, 5) is 12.3. The number of aromatic amines is 1. The maximum absolute atomic E-state index is 12.3. The summed E-state index contributed by atoms with van der Waals surface area (Å²) in [7, 11) is 1.61. The van der Waals surface area contributed by atoms with Crippen molar-refractivity contribution in [3.63, 3.8) is 0 Å². The molecule has 0 saturated carbocycles. The molecule has 1 aromatic heterocycles. The maximum atomic E-state index is 12.3. The van der Waals surface area contributed by atoms with Crippen molar-refractivity contribution in [3.05, 3.63) is 68.7 Å². The average Bonchev–Trinajstić information content (AvgIpc) is 3.02. The van der Waals surface area contributed by atoms with E-state index in [0.29, 0.717) is 39.2 Å². The predicted octanol–water partition coefficient (Wildman–Crippen LogP) is 4.22. The van der Waals surface area contributed by atoms with Crippen LogP contribution in [-0.2, 0) is 6.42 Å². The number of rotatable bonds is 6. The fraction of sp³-hybridized carbons (Fsp3) is 0.167. The molecule has 0 radical (unpaired) electrons. The number of carbonyl (C=O) groups excluding carboxylic acids is 1. The van der Waals surface area contributed by atoms with Crippen LogP contribution < -0.4 is 10.1 Å². The summed E-state index contributed by atoms with van der Waals surface area (Å²) >= 11 is 17.2. The van der Waals surface area contributed by atoms with Gasteiger partial charge in [0.05, 0.1) is 17.7 Å². The van der Waals surface area contributed by atoms with Crippen molar-refractivity contribution >= 4 is 41.3 Å². The number of halogens is 2. The minimum Gasteiger partial charge on any atom is -0.497 e. The molecule has 0 bridgehead atoms. The molecular weight excluding hydrogens is 407 g/mol. The largest absolute Gasteiger partial charge is 0.497 e. The molecule has 0 unspecified atom stereocenters. The Morgan fingerprint density at radius 1 is 1.26 bits per heavy atom. The molecule has 9 heteroatoms. The maximum Gasteiger partial charge on any atom is 0.252 e. The highest BCUT2D eigenvalue weighted by molar-refractivity contribution is 7.71. The van der Waals surface area contributed by atoms with E-state index in [2.05, 4.69) is 15.5 Å². The van der Waals surface area contributed by atoms with Gasteiger partial charge in [-0.1, -0.05) is 23.2 Å². The number of carbonyl (C=O) groups is 1. The number of hydrogen-bond donors (Lipinski definition) is 2. The minimum atomic E-state index is -0.276. The fourth-order valence-electron chi connectivity index (χ4n) is 2.55. The summed E-state index contributed by atoms with van der Waals surface area (Å²) < 4.78 is 7.46. The van der Waals surface area contributed by atoms with Crippen molar-refractivity contribution in [2.45, 2.75) is 6.42 Å². The Balaban J connectivity index is 1.70. The molecule has 0 atom stereocenters. The Kier molecular flexibility index (Phi) is 6.15. The van der Waals surface area contributed by atoms with Gasteiger partial charge in [-0.2, -0.15) is 5.10 Å². The van der Waals surface area contributed by atoms with Crippen molar-refractivity contribution in [1.82, 2.24) is 20.1 Å². The van der Waals surface area contributed by atoms with Gasteiger partial charge in [0.25, 0.3) is 5.91 Å². The van der Waals surface area contributed by atoms with E-state index < -0.39 is 0 Å². The zero-order chi connectivity index (χ0) is 19.4. The normalized spacial score (nSPS) is 10.6. The second-order valence-corrected chi connectivity index (χ2v) is 6.84. The zero-order valence-electron chi connectivity index (χ0n) is 14.3. The highest BCUT2D eigenvalue weighted by Gasteiger charge is 2.12. The second-order valence-electron chi connectivity index (χ2n) is 5.61. The quantitative estimate of drug-likeness (QED) is 0.583. The first kappa shape index (κ1) is 19.4. The molecule has 6 nitrogen and oxygen atoms in total. The lowest BCUT2D eigenvalue weighted by atomic mass is 10.2. The SMILES string of the molecule is COc1ccc(-n2c(CCNC(=O)c3ccc(Cl)cc3Cl)n[nH]c2=S)cc1. The number of benzene rings is 2. The summed E-state index contributed by atoms with van der Waals surface area (Å²) in [6.07, 6.45) is 0.482. The number of methoxy groups -OCH3 is 1. The van der Waals surface area contributed by atoms with E-state index in [9.17, 15) is 4.79 Å². The van der Waals surface area contributed by atoms with Gasteiger partial charge in [-0.25, -0.2) is 0 Å². The lowest BCUT2D eigenvalue weighted by molar-refractivity contribution is 0.0954. The molecule has 2 N–H and O–H groups in total. The molecule has 3 aromatic rings. The highest BCUT2D eigenvalue weighted by Crippen LogP contribution is 2.21. The van der Waals surface area contributed by atoms with Crippen LogP contribution in [0.3, 0.4) is 0 Å². The van der Waals surface area contributed by atoms with E-state index in [-0.39, 0.29) is 5.91 Å². The average molecular weight is 423 g/mol. The summed E-state index contributed by atoms with van der Waals surface area (Å²) in [5.41, 5.74) is 1.23. The molecule has 0 fully saturated rings. The van der Waals surface area contributed by atoms with Gasteiger partial charge < -0.3 is 10.1 Å². The number of H-pyrrole nitrogens is 1. The van der Waals surface area contributed by atoms with Gasteiger partial charge in [0.2, 0.25) is 0 Å². The molecule has 0 saturated heterocycles. The van der Waals surface area contributed by atoms with Crippen molar-refractivity contribution in [1.29, 1.82) is 0 Å². The number of ether oxygens (including phenoxy) is 1. The van der Waals surface area contributed by atoms with Crippen LogP contribution in [0.2, 0.25) is 10.0 Å². The number of nitrogens with one attached hydrogen (secondary N) is 2. The summed E-state index contributed by atoms with van der Waals surface area (Å²) in [6, 6.07) is 12.2. The summed E-state index contributed by atoms with van der Waals surface area (Å²) in [5, 5.41) is 10.6. The zero-order valence-corrected chi connectivity index (χ0v) is 16.7. The molecule has 0 spiro atoms. The van der Waals surface area contributed by atoms with Crippen LogP contribution in [0.1, 0.15) is 16.2 Å². The van der Waals surface area contributed by atoms with Gasteiger partial charge in [0.1, 0.15) is 11.6 Å². The molecule has 140 valence electrons. The third-order valence-corrected chi connectivity index (χ3v) is 4.70. The monoisotopic (exact) mass is 422 g/mol. The lowest BCUT2D eigenvalue weighted by Gasteiger charge is -2.09. The van der Waals surface area contributed by atoms with Gasteiger partial charge in [-0.15, -0.1) is 0 Å². The predicted molar refractivity (Wildman–Crippen MR) is 108 cm³/mol. The van der Waals surface area contributed by atoms with Crippen molar-refractivity contribution in [2.24, 2.45) is 0 Å². The van der Waals surface area contributed by atoms with Crippen LogP contribution in [-0.4, -0.2) is 34.3 Å². The van der Waals surface area contributed by atoms with E-state index in [1.165, 1.54) is 6.07 Å². The van der Waals surface area contributed by atoms with Crippen LogP contribution in [0.5, 0.6) is 5.75 Å². The van der Waals surface area contributed by atoms with Gasteiger partial charge in [0.15, 0.2) is 4.77 Å². The minimum absolute atomic E-state index is 0.276. The van der Waals surface area contributed by atoms with Gasteiger partial charge in [0, 0.05) is 23.7 Å². The third-order valence-electron chi connectivity index (χ3n) is 3.88. The third kappa shape index (κ3) is 4.50. The lowest BCUT2D eigenvalue weighted by Crippen LogP contribution is -2.26.